The number of nitrogens with one attached hydrogen (secondary N) is 1. The van der Waals surface area contributed by atoms with Crippen LogP contribution in [0.15, 0.2) is 23.2 Å². The van der Waals surface area contributed by atoms with Gasteiger partial charge in [0, 0.05) is 18.2 Å². The predicted molar refractivity (Wildman–Crippen MR) is 84.1 cm³/mol. The van der Waals surface area contributed by atoms with Crippen LogP contribution in [0.1, 0.15) is 19.4 Å². The Bertz CT molecular complexity index is 676. The number of ether oxygens (including phenoxy) is 1. The molecule has 1 atom stereocenters. The Labute approximate surface area is 141 Å². The number of hydrogen-bond acceptors (Lipinski definition) is 5. The predicted octanol–water partition coefficient (Wildman–Crippen LogP) is 1.72. The number of benzene rings is 1. The summed E-state index contributed by atoms with van der Waals surface area (Å²) in [4.78, 5) is 23.9. The smallest absolute Gasteiger partial charge is 0.322 e. The van der Waals surface area contributed by atoms with Crippen molar-refractivity contribution >= 4 is 23.9 Å². The van der Waals surface area contributed by atoms with Crippen molar-refractivity contribution in [1.82, 2.24) is 0 Å². The summed E-state index contributed by atoms with van der Waals surface area (Å²) >= 11 is 0. The van der Waals surface area contributed by atoms with Gasteiger partial charge in [-0.2, -0.15) is 8.78 Å². The maximum absolute atomic E-state index is 14.1. The fraction of sp³-hybridized carbons (Fsp3) is 0.400. The van der Waals surface area contributed by atoms with Gasteiger partial charge in [0.1, 0.15) is 23.8 Å². The molecule has 0 saturated heterocycles. The molecular formula is C15H18F3N3O4. The number of amidine groups is 1. The standard InChI is InChI=1S/C14H16F3N3O2.CH2O2/c1-13(7-22-6-11(18)20-13)9-5-8(3-4-10(9)15)19-12(21)14(2,16)17;2-1-3/h3-5H,6-7H2,1-2H3,(H2,18,20)(H,19,21);1H,(H,2,3)/t13-;/m0./s1. The molecular weight excluding hydrogens is 343 g/mol. The number of carbonyl (C=O) groups is 2. The highest BCUT2D eigenvalue weighted by Gasteiger charge is 2.35. The van der Waals surface area contributed by atoms with E-state index in [9.17, 15) is 18.0 Å². The first-order valence-corrected chi connectivity index (χ1v) is 7.02. The summed E-state index contributed by atoms with van der Waals surface area (Å²) in [6, 6.07) is 3.53. The van der Waals surface area contributed by atoms with E-state index in [1.807, 2.05) is 5.32 Å². The summed E-state index contributed by atoms with van der Waals surface area (Å²) in [6.45, 7) is 2.08. The number of amides is 1. The number of carbonyl (C=O) groups excluding carboxylic acids is 1. The van der Waals surface area contributed by atoms with Crippen LogP contribution in [-0.2, 0) is 19.9 Å². The topological polar surface area (TPSA) is 114 Å². The lowest BCUT2D eigenvalue weighted by molar-refractivity contribution is -0.137. The molecule has 0 fully saturated rings. The molecule has 1 aromatic carbocycles. The van der Waals surface area contributed by atoms with Gasteiger partial charge >= 0.3 is 5.92 Å². The van der Waals surface area contributed by atoms with Crippen LogP contribution in [0.5, 0.6) is 0 Å². The van der Waals surface area contributed by atoms with Crippen LogP contribution >= 0.6 is 0 Å². The van der Waals surface area contributed by atoms with E-state index in [-0.39, 0.29) is 36.8 Å². The molecule has 1 aromatic rings. The van der Waals surface area contributed by atoms with Gasteiger partial charge in [-0.25, -0.2) is 4.39 Å². The van der Waals surface area contributed by atoms with Gasteiger partial charge in [0.15, 0.2) is 0 Å². The monoisotopic (exact) mass is 361 g/mol. The molecule has 7 nitrogen and oxygen atoms in total. The van der Waals surface area contributed by atoms with Crippen LogP contribution in [0.25, 0.3) is 0 Å². The molecule has 0 bridgehead atoms. The van der Waals surface area contributed by atoms with E-state index in [2.05, 4.69) is 4.99 Å². The molecule has 0 spiro atoms. The van der Waals surface area contributed by atoms with Crippen molar-refractivity contribution in [3.8, 4) is 0 Å². The molecule has 1 aliphatic rings. The summed E-state index contributed by atoms with van der Waals surface area (Å²) in [5, 5.41) is 8.93. The minimum atomic E-state index is -3.53. The molecule has 10 heteroatoms. The number of hydrogen-bond donors (Lipinski definition) is 3. The van der Waals surface area contributed by atoms with Crippen LogP contribution in [0, 0.1) is 5.82 Å². The van der Waals surface area contributed by atoms with Crippen LogP contribution in [0.2, 0.25) is 0 Å². The average Bonchev–Trinajstić information content (AvgIpc) is 2.48. The Morgan fingerprint density at radius 3 is 2.64 bits per heavy atom. The third-order valence-corrected chi connectivity index (χ3v) is 3.23. The van der Waals surface area contributed by atoms with Crippen molar-refractivity contribution in [2.45, 2.75) is 25.3 Å². The lowest BCUT2D eigenvalue weighted by Crippen LogP contribution is -2.38. The molecule has 0 saturated carbocycles. The second-order valence-corrected chi connectivity index (χ2v) is 5.51. The Kier molecular flexibility index (Phi) is 6.51. The zero-order chi connectivity index (χ0) is 19.3. The Morgan fingerprint density at radius 1 is 1.52 bits per heavy atom. The Morgan fingerprint density at radius 2 is 2.12 bits per heavy atom. The first kappa shape index (κ1) is 20.4. The van der Waals surface area contributed by atoms with Crippen molar-refractivity contribution in [3.05, 3.63) is 29.6 Å². The fourth-order valence-electron chi connectivity index (χ4n) is 2.13. The molecule has 138 valence electrons. The van der Waals surface area contributed by atoms with E-state index in [1.54, 1.807) is 6.92 Å². The highest BCUT2D eigenvalue weighted by atomic mass is 19.3. The minimum absolute atomic E-state index is 0.0449. The number of carboxylic acid groups (broad SMARTS) is 1. The van der Waals surface area contributed by atoms with Crippen LogP contribution in [-0.4, -0.2) is 42.5 Å². The molecule has 25 heavy (non-hydrogen) atoms. The minimum Gasteiger partial charge on any atom is -0.483 e. The van der Waals surface area contributed by atoms with Gasteiger partial charge in [0.25, 0.3) is 12.4 Å². The Hall–Kier alpha value is -2.62. The van der Waals surface area contributed by atoms with Gasteiger partial charge in [-0.05, 0) is 25.1 Å². The fourth-order valence-corrected chi connectivity index (χ4v) is 2.13. The Balaban J connectivity index is 0.000000970. The first-order valence-electron chi connectivity index (χ1n) is 7.02. The maximum Gasteiger partial charge on any atom is 0.322 e. The molecule has 4 N–H and O–H groups in total. The molecule has 0 unspecified atom stereocenters. The number of nitrogens with zero attached hydrogens (tertiary/aromatic N) is 1. The number of rotatable bonds is 3. The SMILES string of the molecule is CC(F)(F)C(=O)Nc1ccc(F)c([C@]2(C)COCC(N)=N2)c1.O=CO. The van der Waals surface area contributed by atoms with Crippen molar-refractivity contribution in [2.75, 3.05) is 18.5 Å². The van der Waals surface area contributed by atoms with Crippen molar-refractivity contribution in [1.29, 1.82) is 0 Å². The second-order valence-electron chi connectivity index (χ2n) is 5.51. The van der Waals surface area contributed by atoms with Gasteiger partial charge in [-0.15, -0.1) is 0 Å². The second kappa shape index (κ2) is 7.97. The summed E-state index contributed by atoms with van der Waals surface area (Å²) in [5.74, 6) is -5.39. The summed E-state index contributed by atoms with van der Waals surface area (Å²) in [5.41, 5.74) is 4.67. The number of alkyl halides is 2. The van der Waals surface area contributed by atoms with Gasteiger partial charge in [-0.1, -0.05) is 0 Å². The molecule has 0 aromatic heterocycles. The van der Waals surface area contributed by atoms with Crippen molar-refractivity contribution in [2.24, 2.45) is 10.7 Å². The maximum atomic E-state index is 14.1. The van der Waals surface area contributed by atoms with Gasteiger partial charge in [-0.3, -0.25) is 14.6 Å². The van der Waals surface area contributed by atoms with E-state index in [0.717, 1.165) is 6.07 Å². The third-order valence-electron chi connectivity index (χ3n) is 3.23. The summed E-state index contributed by atoms with van der Waals surface area (Å²) in [6.07, 6.45) is 0. The molecule has 1 heterocycles. The molecule has 0 aliphatic carbocycles. The van der Waals surface area contributed by atoms with E-state index in [4.69, 9.17) is 20.4 Å². The first-order chi connectivity index (χ1) is 11.5. The highest BCUT2D eigenvalue weighted by molar-refractivity contribution is 5.95. The zero-order valence-electron chi connectivity index (χ0n) is 13.6. The number of aliphatic imine (C=N–C) groups is 1. The van der Waals surface area contributed by atoms with E-state index >= 15 is 0 Å². The highest BCUT2D eigenvalue weighted by Crippen LogP contribution is 2.32. The third kappa shape index (κ3) is 5.45. The van der Waals surface area contributed by atoms with E-state index in [0.29, 0.717) is 6.92 Å². The quantitative estimate of drug-likeness (QED) is 0.710. The van der Waals surface area contributed by atoms with Gasteiger partial charge in [0.05, 0.1) is 6.61 Å². The molecule has 1 amide bonds. The van der Waals surface area contributed by atoms with E-state index in [1.165, 1.54) is 12.1 Å². The molecule has 0 radical (unpaired) electrons. The number of nitrogens with two attached hydrogens (primary N) is 1. The average molecular weight is 361 g/mol. The number of halogens is 3. The lowest BCUT2D eigenvalue weighted by Gasteiger charge is -2.30. The number of anilines is 1. The van der Waals surface area contributed by atoms with Crippen molar-refractivity contribution in [3.63, 3.8) is 0 Å². The summed E-state index contributed by atoms with van der Waals surface area (Å²) in [7, 11) is 0. The normalized spacial score (nSPS) is 20.0. The molecule has 1 aliphatic heterocycles. The van der Waals surface area contributed by atoms with Crippen LogP contribution in [0.3, 0.4) is 0 Å². The van der Waals surface area contributed by atoms with Crippen LogP contribution in [0.4, 0.5) is 18.9 Å². The largest absolute Gasteiger partial charge is 0.483 e. The van der Waals surface area contributed by atoms with E-state index < -0.39 is 23.2 Å². The lowest BCUT2D eigenvalue weighted by atomic mass is 9.92. The van der Waals surface area contributed by atoms with Crippen molar-refractivity contribution < 1.29 is 32.6 Å². The zero-order valence-corrected chi connectivity index (χ0v) is 13.6. The van der Waals surface area contributed by atoms with Crippen LogP contribution < -0.4 is 11.1 Å². The summed E-state index contributed by atoms with van der Waals surface area (Å²) < 4.78 is 45.2. The van der Waals surface area contributed by atoms with Gasteiger partial charge < -0.3 is 20.9 Å². The van der Waals surface area contributed by atoms with Gasteiger partial charge in [0.2, 0.25) is 0 Å². The molecule has 2 rings (SSSR count).